The third-order valence-corrected chi connectivity index (χ3v) is 11.3. The molecule has 4 heterocycles. The van der Waals surface area contributed by atoms with Crippen LogP contribution in [0.5, 0.6) is 0 Å². The fourth-order valence-electron chi connectivity index (χ4n) is 4.22. The first-order chi connectivity index (χ1) is 17.2. The minimum absolute atomic E-state index is 0.0836. The molecule has 1 fully saturated rings. The Morgan fingerprint density at radius 3 is 2.56 bits per heavy atom. The van der Waals surface area contributed by atoms with Crippen molar-refractivity contribution in [3.05, 3.63) is 69.3 Å². The zero-order valence-corrected chi connectivity index (χ0v) is 23.2. The Hall–Kier alpha value is -2.08. The van der Waals surface area contributed by atoms with Crippen LogP contribution in [0.2, 0.25) is 9.36 Å². The van der Waals surface area contributed by atoms with E-state index in [0.29, 0.717) is 27.3 Å². The second-order valence-corrected chi connectivity index (χ2v) is 13.8. The number of anilines is 1. The molecule has 0 N–H and O–H groups in total. The van der Waals surface area contributed by atoms with Gasteiger partial charge in [0.2, 0.25) is 5.91 Å². The van der Waals surface area contributed by atoms with Gasteiger partial charge in [0.1, 0.15) is 4.21 Å². The minimum Gasteiger partial charge on any atom is -0.282 e. The van der Waals surface area contributed by atoms with Crippen molar-refractivity contribution in [1.29, 1.82) is 0 Å². The van der Waals surface area contributed by atoms with E-state index in [1.807, 2.05) is 37.3 Å². The van der Waals surface area contributed by atoms with Gasteiger partial charge in [0, 0.05) is 30.2 Å². The molecule has 12 heteroatoms. The summed E-state index contributed by atoms with van der Waals surface area (Å²) < 4.78 is 29.0. The molecule has 3 aromatic heterocycles. The summed E-state index contributed by atoms with van der Waals surface area (Å²) in [5, 5.41) is 1.21. The molecule has 4 aromatic rings. The van der Waals surface area contributed by atoms with Gasteiger partial charge in [0.05, 0.1) is 26.8 Å². The molecular weight excluding hydrogens is 559 g/mol. The van der Waals surface area contributed by atoms with Crippen LogP contribution in [0.25, 0.3) is 10.2 Å². The number of rotatable bonds is 6. The molecule has 1 saturated heterocycles. The van der Waals surface area contributed by atoms with Crippen molar-refractivity contribution < 1.29 is 13.2 Å². The van der Waals surface area contributed by atoms with Crippen LogP contribution in [0.4, 0.5) is 5.13 Å². The Kier molecular flexibility index (Phi) is 7.35. The van der Waals surface area contributed by atoms with E-state index in [9.17, 15) is 13.2 Å². The van der Waals surface area contributed by atoms with Crippen molar-refractivity contribution in [1.82, 2.24) is 14.3 Å². The van der Waals surface area contributed by atoms with Crippen molar-refractivity contribution in [3.8, 4) is 0 Å². The molecule has 36 heavy (non-hydrogen) atoms. The molecule has 0 saturated carbocycles. The number of aromatic nitrogens is 2. The third kappa shape index (κ3) is 5.03. The van der Waals surface area contributed by atoms with Crippen molar-refractivity contribution in [2.75, 3.05) is 18.0 Å². The van der Waals surface area contributed by atoms with Crippen molar-refractivity contribution in [2.24, 2.45) is 5.92 Å². The summed E-state index contributed by atoms with van der Waals surface area (Å²) >= 11 is 14.7. The van der Waals surface area contributed by atoms with Gasteiger partial charge in [0.15, 0.2) is 5.13 Å². The number of thiophene rings is 1. The Bertz CT molecular complexity index is 1510. The minimum atomic E-state index is -3.63. The molecule has 0 atom stereocenters. The molecule has 5 rings (SSSR count). The second kappa shape index (κ2) is 10.4. The van der Waals surface area contributed by atoms with E-state index >= 15 is 0 Å². The lowest BCUT2D eigenvalue weighted by molar-refractivity contribution is -0.123. The predicted octanol–water partition coefficient (Wildman–Crippen LogP) is 6.00. The molecule has 0 unspecified atom stereocenters. The lowest BCUT2D eigenvalue weighted by Crippen LogP contribution is -2.44. The number of hydrogen-bond acceptors (Lipinski definition) is 7. The van der Waals surface area contributed by atoms with E-state index < -0.39 is 10.0 Å². The highest BCUT2D eigenvalue weighted by atomic mass is 35.5. The zero-order chi connectivity index (χ0) is 25.4. The number of amides is 1. The topological polar surface area (TPSA) is 83.5 Å². The average molecular weight is 582 g/mol. The average Bonchev–Trinajstić information content (AvgIpc) is 3.52. The van der Waals surface area contributed by atoms with E-state index in [2.05, 4.69) is 4.98 Å². The number of carbonyl (C=O) groups excluding carboxylic acids is 1. The molecule has 0 radical (unpaired) electrons. The van der Waals surface area contributed by atoms with Gasteiger partial charge >= 0.3 is 0 Å². The highest BCUT2D eigenvalue weighted by Crippen LogP contribution is 2.36. The maximum Gasteiger partial charge on any atom is 0.252 e. The van der Waals surface area contributed by atoms with Gasteiger partial charge in [-0.2, -0.15) is 4.31 Å². The lowest BCUT2D eigenvalue weighted by Gasteiger charge is -2.32. The predicted molar refractivity (Wildman–Crippen MR) is 146 cm³/mol. The molecule has 1 aromatic carbocycles. The monoisotopic (exact) mass is 580 g/mol. The van der Waals surface area contributed by atoms with E-state index in [-0.39, 0.29) is 35.7 Å². The largest absolute Gasteiger partial charge is 0.282 e. The molecule has 1 amide bonds. The van der Waals surface area contributed by atoms with Crippen LogP contribution in [0.3, 0.4) is 0 Å². The maximum atomic E-state index is 13.8. The van der Waals surface area contributed by atoms with Crippen molar-refractivity contribution in [2.45, 2.75) is 30.5 Å². The van der Waals surface area contributed by atoms with E-state index in [1.165, 1.54) is 21.7 Å². The number of sulfonamides is 1. The summed E-state index contributed by atoms with van der Waals surface area (Å²) in [5.74, 6) is -0.413. The lowest BCUT2D eigenvalue weighted by atomic mass is 9.96. The molecular formula is C24H22Cl2N4O3S3. The first-order valence-electron chi connectivity index (χ1n) is 11.3. The fourth-order valence-corrected chi connectivity index (χ4v) is 8.51. The molecule has 0 spiro atoms. The summed E-state index contributed by atoms with van der Waals surface area (Å²) in [6.45, 7) is 2.72. The van der Waals surface area contributed by atoms with Crippen LogP contribution >= 0.6 is 45.9 Å². The Balaban J connectivity index is 1.40. The Morgan fingerprint density at radius 1 is 1.11 bits per heavy atom. The van der Waals surface area contributed by atoms with Gasteiger partial charge in [-0.1, -0.05) is 40.6 Å². The number of benzene rings is 1. The fraction of sp³-hybridized carbons (Fsp3) is 0.292. The number of nitrogens with zero attached hydrogens (tertiary/aromatic N) is 4. The van der Waals surface area contributed by atoms with Gasteiger partial charge in [-0.05, 0) is 61.7 Å². The standard InChI is InChI=1S/C24H22Cl2N4O3S3/c1-15-18(25)5-6-19-22(15)28-24(34-19)30(14-17-4-2-3-11-27-17)23(31)16-9-12-29(13-10-16)36(32,33)21-8-7-20(26)35-21/h2-8,11,16H,9-10,12-14H2,1H3. The molecule has 1 aliphatic rings. The van der Waals surface area contributed by atoms with Gasteiger partial charge in [-0.3, -0.25) is 14.7 Å². The number of thiazole rings is 1. The highest BCUT2D eigenvalue weighted by molar-refractivity contribution is 7.91. The zero-order valence-electron chi connectivity index (χ0n) is 19.2. The SMILES string of the molecule is Cc1c(Cl)ccc2sc(N(Cc3ccccn3)C(=O)C3CCN(S(=O)(=O)c4ccc(Cl)s4)CC3)nc12. The normalized spacial score (nSPS) is 15.4. The van der Waals surface area contributed by atoms with E-state index in [4.69, 9.17) is 28.2 Å². The quantitative estimate of drug-likeness (QED) is 0.279. The maximum absolute atomic E-state index is 13.8. The number of pyridine rings is 1. The molecule has 1 aliphatic heterocycles. The van der Waals surface area contributed by atoms with Crippen LogP contribution in [-0.4, -0.2) is 41.7 Å². The number of carbonyl (C=O) groups is 1. The molecule has 0 bridgehead atoms. The Morgan fingerprint density at radius 2 is 1.89 bits per heavy atom. The summed E-state index contributed by atoms with van der Waals surface area (Å²) in [6.07, 6.45) is 2.54. The number of fused-ring (bicyclic) bond motifs is 1. The summed E-state index contributed by atoms with van der Waals surface area (Å²) in [7, 11) is -3.63. The summed E-state index contributed by atoms with van der Waals surface area (Å²) in [5.41, 5.74) is 2.39. The first-order valence-corrected chi connectivity index (χ1v) is 15.1. The van der Waals surface area contributed by atoms with Crippen molar-refractivity contribution in [3.63, 3.8) is 0 Å². The van der Waals surface area contributed by atoms with Crippen LogP contribution in [0.1, 0.15) is 24.1 Å². The molecule has 0 aliphatic carbocycles. The van der Waals surface area contributed by atoms with Gasteiger partial charge < -0.3 is 0 Å². The van der Waals surface area contributed by atoms with Crippen LogP contribution in [0.15, 0.2) is 52.9 Å². The van der Waals surface area contributed by atoms with E-state index in [1.54, 1.807) is 17.2 Å². The van der Waals surface area contributed by atoms with Crippen molar-refractivity contribution >= 4 is 77.2 Å². The summed E-state index contributed by atoms with van der Waals surface area (Å²) in [4.78, 5) is 24.7. The first kappa shape index (κ1) is 25.6. The van der Waals surface area contributed by atoms with Crippen LogP contribution < -0.4 is 4.90 Å². The van der Waals surface area contributed by atoms with Gasteiger partial charge in [0.25, 0.3) is 10.0 Å². The smallest absolute Gasteiger partial charge is 0.252 e. The van der Waals surface area contributed by atoms with Crippen LogP contribution in [-0.2, 0) is 21.4 Å². The van der Waals surface area contributed by atoms with Gasteiger partial charge in [-0.25, -0.2) is 13.4 Å². The highest BCUT2D eigenvalue weighted by Gasteiger charge is 2.35. The number of aryl methyl sites for hydroxylation is 1. The van der Waals surface area contributed by atoms with Gasteiger partial charge in [-0.15, -0.1) is 11.3 Å². The summed E-state index contributed by atoms with van der Waals surface area (Å²) in [6, 6.07) is 12.4. The second-order valence-electron chi connectivity index (χ2n) is 8.50. The van der Waals surface area contributed by atoms with E-state index in [0.717, 1.165) is 32.8 Å². The molecule has 188 valence electrons. The van der Waals surface area contributed by atoms with Crippen LogP contribution in [0, 0.1) is 12.8 Å². The number of piperidine rings is 1. The molecule has 7 nitrogen and oxygen atoms in total. The number of hydrogen-bond donors (Lipinski definition) is 0. The number of halogens is 2. The Labute approximate surface area is 227 Å². The third-order valence-electron chi connectivity index (χ3n) is 6.23.